The molecule has 0 atom stereocenters. The lowest BCUT2D eigenvalue weighted by Gasteiger charge is -2.15. The number of nitrogens with zero attached hydrogens (tertiary/aromatic N) is 1. The van der Waals surface area contributed by atoms with Crippen molar-refractivity contribution >= 4 is 38.5 Å². The van der Waals surface area contributed by atoms with Crippen LogP contribution in [-0.2, 0) is 11.5 Å². The minimum absolute atomic E-state index is 0.0964. The molecule has 0 amide bonds. The molecule has 0 fully saturated rings. The van der Waals surface area contributed by atoms with E-state index < -0.39 is 24.0 Å². The van der Waals surface area contributed by atoms with E-state index in [2.05, 4.69) is 25.7 Å². The molecule has 0 bridgehead atoms. The first-order chi connectivity index (χ1) is 8.04. The van der Waals surface area contributed by atoms with Gasteiger partial charge in [0.1, 0.15) is 15.1 Å². The number of rotatable bonds is 2. The van der Waals surface area contributed by atoms with E-state index in [1.165, 1.54) is 22.6 Å². The second-order valence-electron chi connectivity index (χ2n) is 2.95. The Kier molecular flexibility index (Phi) is 4.73. The maximum atomic E-state index is 12.4. The highest BCUT2D eigenvalue weighted by molar-refractivity contribution is 14.1. The van der Waals surface area contributed by atoms with Gasteiger partial charge < -0.3 is 4.74 Å². The van der Waals surface area contributed by atoms with E-state index in [0.29, 0.717) is 0 Å². The summed E-state index contributed by atoms with van der Waals surface area (Å²) in [4.78, 5) is 3.19. The number of hydrogen-bond acceptors (Lipinski definition) is 2. The fraction of sp³-hybridized carbons (Fsp3) is 0.375. The Hall–Kier alpha value is -0.260. The van der Waals surface area contributed by atoms with Gasteiger partial charge in [-0.1, -0.05) is 15.9 Å². The Morgan fingerprint density at radius 1 is 1.22 bits per heavy atom. The van der Waals surface area contributed by atoms with E-state index >= 15 is 0 Å². The molecule has 0 aliphatic rings. The van der Waals surface area contributed by atoms with E-state index in [1.807, 2.05) is 0 Å². The van der Waals surface area contributed by atoms with Crippen molar-refractivity contribution in [3.8, 4) is 5.75 Å². The molecule has 1 heterocycles. The second-order valence-corrected chi connectivity index (χ2v) is 4.54. The molecule has 18 heavy (non-hydrogen) atoms. The van der Waals surface area contributed by atoms with Crippen LogP contribution in [0.25, 0.3) is 0 Å². The number of pyridine rings is 1. The van der Waals surface area contributed by atoms with Crippen molar-refractivity contribution in [2.45, 2.75) is 17.9 Å². The first kappa shape index (κ1) is 15.8. The average molecular weight is 450 g/mol. The van der Waals surface area contributed by atoms with Gasteiger partial charge in [-0.3, -0.25) is 0 Å². The van der Waals surface area contributed by atoms with Crippen LogP contribution in [0.2, 0.25) is 0 Å². The summed E-state index contributed by atoms with van der Waals surface area (Å²) in [7, 11) is 0. The minimum Gasteiger partial charge on any atom is -0.405 e. The van der Waals surface area contributed by atoms with E-state index in [-0.39, 0.29) is 20.7 Å². The highest BCUT2D eigenvalue weighted by atomic mass is 127. The largest absolute Gasteiger partial charge is 0.573 e. The van der Waals surface area contributed by atoms with E-state index in [0.717, 1.165) is 0 Å². The van der Waals surface area contributed by atoms with Crippen LogP contribution in [0.3, 0.4) is 0 Å². The maximum absolute atomic E-state index is 12.4. The first-order valence-electron chi connectivity index (χ1n) is 4.13. The number of halogens is 8. The SMILES string of the molecule is FC(F)(F)Oc1cc(C(F)(F)F)nc(I)c1CBr. The molecule has 2 nitrogen and oxygen atoms in total. The monoisotopic (exact) mass is 449 g/mol. The number of aromatic nitrogens is 1. The van der Waals surface area contributed by atoms with E-state index in [9.17, 15) is 26.3 Å². The third-order valence-electron chi connectivity index (χ3n) is 1.68. The van der Waals surface area contributed by atoms with Gasteiger partial charge in [-0.15, -0.1) is 13.2 Å². The normalized spacial score (nSPS) is 12.7. The summed E-state index contributed by atoms with van der Waals surface area (Å²) in [6.07, 6.45) is -9.90. The van der Waals surface area contributed by atoms with Crippen molar-refractivity contribution in [1.29, 1.82) is 0 Å². The summed E-state index contributed by atoms with van der Waals surface area (Å²) >= 11 is 4.28. The first-order valence-corrected chi connectivity index (χ1v) is 6.33. The Morgan fingerprint density at radius 3 is 2.17 bits per heavy atom. The van der Waals surface area contributed by atoms with Gasteiger partial charge in [0.15, 0.2) is 0 Å². The Balaban J connectivity index is 3.33. The highest BCUT2D eigenvalue weighted by Gasteiger charge is 2.37. The molecular formula is C8H3BrF6INO. The van der Waals surface area contributed by atoms with Crippen LogP contribution < -0.4 is 4.74 Å². The summed E-state index contributed by atoms with van der Waals surface area (Å²) in [6, 6.07) is 0.228. The van der Waals surface area contributed by atoms with Gasteiger partial charge in [0, 0.05) is 17.0 Å². The molecule has 102 valence electrons. The molecule has 0 aliphatic carbocycles. The predicted molar refractivity (Wildman–Crippen MR) is 61.3 cm³/mol. The van der Waals surface area contributed by atoms with E-state index in [1.54, 1.807) is 0 Å². The van der Waals surface area contributed by atoms with Crippen molar-refractivity contribution in [3.05, 3.63) is 21.0 Å². The lowest BCUT2D eigenvalue weighted by molar-refractivity contribution is -0.275. The molecule has 0 spiro atoms. The molecule has 0 saturated carbocycles. The molecule has 0 saturated heterocycles. The van der Waals surface area contributed by atoms with Crippen LogP contribution in [0.5, 0.6) is 5.75 Å². The second kappa shape index (κ2) is 5.39. The molecule has 0 aliphatic heterocycles. The van der Waals surface area contributed by atoms with Crippen LogP contribution in [0.1, 0.15) is 11.3 Å². The summed E-state index contributed by atoms with van der Waals surface area (Å²) in [5, 5.41) is -0.109. The van der Waals surface area contributed by atoms with Crippen LogP contribution in [0, 0.1) is 3.70 Å². The van der Waals surface area contributed by atoms with E-state index in [4.69, 9.17) is 0 Å². The fourth-order valence-corrected chi connectivity index (χ4v) is 2.78. The van der Waals surface area contributed by atoms with Gasteiger partial charge in [-0.05, 0) is 22.6 Å². The van der Waals surface area contributed by atoms with Crippen molar-refractivity contribution in [2.24, 2.45) is 0 Å². The van der Waals surface area contributed by atoms with Gasteiger partial charge >= 0.3 is 12.5 Å². The third kappa shape index (κ3) is 4.14. The smallest absolute Gasteiger partial charge is 0.405 e. The molecule has 0 N–H and O–H groups in total. The molecular weight excluding hydrogens is 447 g/mol. The quantitative estimate of drug-likeness (QED) is 0.287. The van der Waals surface area contributed by atoms with Crippen molar-refractivity contribution in [3.63, 3.8) is 0 Å². The van der Waals surface area contributed by atoms with Crippen molar-refractivity contribution in [2.75, 3.05) is 0 Å². The van der Waals surface area contributed by atoms with Gasteiger partial charge in [-0.2, -0.15) is 13.2 Å². The van der Waals surface area contributed by atoms with Crippen LogP contribution in [0.15, 0.2) is 6.07 Å². The summed E-state index contributed by atoms with van der Waals surface area (Å²) in [6.45, 7) is 0. The van der Waals surface area contributed by atoms with Crippen LogP contribution >= 0.6 is 38.5 Å². The molecule has 1 rings (SSSR count). The topological polar surface area (TPSA) is 22.1 Å². The van der Waals surface area contributed by atoms with Crippen LogP contribution in [0.4, 0.5) is 26.3 Å². The van der Waals surface area contributed by atoms with Gasteiger partial charge in [0.2, 0.25) is 0 Å². The lowest BCUT2D eigenvalue weighted by atomic mass is 10.2. The zero-order valence-corrected chi connectivity index (χ0v) is 11.9. The predicted octanol–water partition coefficient (Wildman–Crippen LogP) is 4.50. The van der Waals surface area contributed by atoms with Crippen molar-refractivity contribution < 1.29 is 31.1 Å². The number of hydrogen-bond donors (Lipinski definition) is 0. The summed E-state index contributed by atoms with van der Waals surface area (Å²) in [5.74, 6) is -0.911. The third-order valence-corrected chi connectivity index (χ3v) is 3.14. The molecule has 0 aromatic carbocycles. The van der Waals surface area contributed by atoms with Gasteiger partial charge in [0.05, 0.1) is 0 Å². The molecule has 0 unspecified atom stereocenters. The van der Waals surface area contributed by atoms with Crippen LogP contribution in [-0.4, -0.2) is 11.3 Å². The Labute approximate surface area is 119 Å². The molecule has 0 radical (unpaired) electrons. The fourth-order valence-electron chi connectivity index (χ4n) is 1.00. The lowest BCUT2D eigenvalue weighted by Crippen LogP contribution is -2.20. The molecule has 1 aromatic heterocycles. The molecule has 10 heteroatoms. The summed E-state index contributed by atoms with van der Waals surface area (Å²) in [5.41, 5.74) is -1.53. The average Bonchev–Trinajstić information content (AvgIpc) is 2.13. The Bertz CT molecular complexity index is 446. The standard InChI is InChI=1S/C8H3BrF6INO/c9-2-3-4(18-8(13,14)15)1-5(7(10,11)12)17-6(3)16/h1H,2H2. The summed E-state index contributed by atoms with van der Waals surface area (Å²) < 4.78 is 76.8. The highest BCUT2D eigenvalue weighted by Crippen LogP contribution is 2.36. The Morgan fingerprint density at radius 2 is 1.78 bits per heavy atom. The zero-order valence-electron chi connectivity index (χ0n) is 8.16. The maximum Gasteiger partial charge on any atom is 0.573 e. The molecule has 1 aromatic rings. The van der Waals surface area contributed by atoms with Crippen molar-refractivity contribution in [1.82, 2.24) is 4.98 Å². The number of alkyl halides is 7. The number of ether oxygens (including phenoxy) is 1. The van der Waals surface area contributed by atoms with Gasteiger partial charge in [0.25, 0.3) is 0 Å². The minimum atomic E-state index is -5.07. The van der Waals surface area contributed by atoms with Gasteiger partial charge in [-0.25, -0.2) is 4.98 Å². The zero-order chi connectivity index (χ0) is 14.1.